The zero-order valence-corrected chi connectivity index (χ0v) is 12.2. The molecule has 3 N–H and O–H groups in total. The summed E-state index contributed by atoms with van der Waals surface area (Å²) in [6, 6.07) is 2.37. The highest BCUT2D eigenvalue weighted by Crippen LogP contribution is 2.30. The van der Waals surface area contributed by atoms with Crippen LogP contribution in [0.4, 0.5) is 11.6 Å². The third-order valence-corrected chi connectivity index (χ3v) is 4.22. The van der Waals surface area contributed by atoms with Crippen molar-refractivity contribution in [2.45, 2.75) is 39.2 Å². The van der Waals surface area contributed by atoms with Crippen LogP contribution in [-0.2, 0) is 0 Å². The fourth-order valence-corrected chi connectivity index (χ4v) is 2.60. The molecule has 2 heterocycles. The largest absolute Gasteiger partial charge is 0.396 e. The quantitative estimate of drug-likeness (QED) is 0.870. The molecule has 20 heavy (non-hydrogen) atoms. The van der Waals surface area contributed by atoms with Crippen molar-refractivity contribution in [3.63, 3.8) is 0 Å². The van der Waals surface area contributed by atoms with E-state index in [1.165, 1.54) is 0 Å². The van der Waals surface area contributed by atoms with E-state index >= 15 is 0 Å². The minimum Gasteiger partial charge on any atom is -0.396 e. The molecular formula is C14H23N5O. The highest BCUT2D eigenvalue weighted by Gasteiger charge is 2.26. The van der Waals surface area contributed by atoms with E-state index in [2.05, 4.69) is 23.0 Å². The van der Waals surface area contributed by atoms with Gasteiger partial charge < -0.3 is 15.7 Å². The lowest BCUT2D eigenvalue weighted by atomic mass is 9.98. The maximum absolute atomic E-state index is 9.35. The topological polar surface area (TPSA) is 91.1 Å². The van der Waals surface area contributed by atoms with Crippen molar-refractivity contribution < 1.29 is 5.11 Å². The van der Waals surface area contributed by atoms with E-state index in [9.17, 15) is 10.4 Å². The average molecular weight is 277 g/mol. The number of aliphatic hydroxyl groups is 1. The predicted molar refractivity (Wildman–Crippen MR) is 78.4 cm³/mol. The van der Waals surface area contributed by atoms with Gasteiger partial charge >= 0.3 is 0 Å². The van der Waals surface area contributed by atoms with Gasteiger partial charge in [-0.3, -0.25) is 0 Å². The van der Waals surface area contributed by atoms with Crippen LogP contribution in [0.5, 0.6) is 0 Å². The van der Waals surface area contributed by atoms with Crippen molar-refractivity contribution in [2.75, 3.05) is 30.3 Å². The molecule has 1 saturated heterocycles. The second kappa shape index (κ2) is 6.14. The summed E-state index contributed by atoms with van der Waals surface area (Å²) < 4.78 is 1.76. The van der Waals surface area contributed by atoms with Crippen LogP contribution in [0.25, 0.3) is 0 Å². The number of rotatable bonds is 4. The summed E-state index contributed by atoms with van der Waals surface area (Å²) in [6.07, 6.45) is 2.78. The van der Waals surface area contributed by atoms with E-state index in [0.29, 0.717) is 23.1 Å². The van der Waals surface area contributed by atoms with Gasteiger partial charge in [0.05, 0.1) is 6.04 Å². The lowest BCUT2D eigenvalue weighted by Crippen LogP contribution is -2.35. The second-order valence-corrected chi connectivity index (χ2v) is 5.51. The molecule has 1 aromatic rings. The highest BCUT2D eigenvalue weighted by atomic mass is 16.3. The number of hydrogen-bond donors (Lipinski definition) is 2. The number of nitrogen functional groups attached to an aromatic ring is 1. The molecule has 0 amide bonds. The normalized spacial score (nSPS) is 18.0. The summed E-state index contributed by atoms with van der Waals surface area (Å²) in [5.41, 5.74) is 6.54. The van der Waals surface area contributed by atoms with Gasteiger partial charge in [-0.25, -0.2) is 4.68 Å². The van der Waals surface area contributed by atoms with Gasteiger partial charge in [-0.1, -0.05) is 6.92 Å². The van der Waals surface area contributed by atoms with Gasteiger partial charge in [0.2, 0.25) is 0 Å². The molecule has 1 aliphatic heterocycles. The maximum atomic E-state index is 9.35. The first kappa shape index (κ1) is 14.7. The van der Waals surface area contributed by atoms with Gasteiger partial charge in [-0.15, -0.1) is 0 Å². The molecule has 0 aliphatic carbocycles. The van der Waals surface area contributed by atoms with Crippen molar-refractivity contribution >= 4 is 11.6 Å². The van der Waals surface area contributed by atoms with Crippen molar-refractivity contribution in [3.8, 4) is 6.07 Å². The number of anilines is 2. The van der Waals surface area contributed by atoms with E-state index in [1.807, 2.05) is 6.92 Å². The van der Waals surface area contributed by atoms with E-state index < -0.39 is 0 Å². The maximum Gasteiger partial charge on any atom is 0.170 e. The molecule has 6 nitrogen and oxygen atoms in total. The Hall–Kier alpha value is -1.74. The Balaban J connectivity index is 2.26. The van der Waals surface area contributed by atoms with Crippen LogP contribution in [0.1, 0.15) is 44.7 Å². The number of nitrogens with two attached hydrogens (primary N) is 1. The Labute approximate surface area is 119 Å². The highest BCUT2D eigenvalue weighted by molar-refractivity contribution is 5.65. The fourth-order valence-electron chi connectivity index (χ4n) is 2.60. The minimum atomic E-state index is 0.186. The predicted octanol–water partition coefficient (Wildman–Crippen LogP) is 1.52. The molecular weight excluding hydrogens is 254 g/mol. The number of aliphatic hydroxyl groups excluding tert-OH is 1. The molecule has 0 aromatic carbocycles. The molecule has 0 radical (unpaired) electrons. The number of piperidine rings is 1. The second-order valence-electron chi connectivity index (χ2n) is 5.51. The molecule has 1 aliphatic rings. The third kappa shape index (κ3) is 2.59. The van der Waals surface area contributed by atoms with Gasteiger partial charge in [0.1, 0.15) is 17.5 Å². The van der Waals surface area contributed by atoms with Crippen LogP contribution in [0, 0.1) is 17.2 Å². The number of aromatic nitrogens is 2. The molecule has 6 heteroatoms. The molecule has 1 fully saturated rings. The molecule has 0 saturated carbocycles. The first-order valence-electron chi connectivity index (χ1n) is 7.26. The zero-order chi connectivity index (χ0) is 14.7. The number of hydrogen-bond acceptors (Lipinski definition) is 5. The van der Waals surface area contributed by atoms with Crippen molar-refractivity contribution in [2.24, 2.45) is 5.92 Å². The lowest BCUT2D eigenvalue weighted by Gasteiger charge is -2.31. The molecule has 1 unspecified atom stereocenters. The van der Waals surface area contributed by atoms with Gasteiger partial charge in [-0.05, 0) is 32.1 Å². The van der Waals surface area contributed by atoms with Gasteiger partial charge in [0.15, 0.2) is 5.82 Å². The Bertz CT molecular complexity index is 496. The minimum absolute atomic E-state index is 0.186. The summed E-state index contributed by atoms with van der Waals surface area (Å²) in [5, 5.41) is 23.1. The molecule has 110 valence electrons. The lowest BCUT2D eigenvalue weighted by molar-refractivity contribution is 0.202. The van der Waals surface area contributed by atoms with E-state index in [1.54, 1.807) is 4.68 Å². The Morgan fingerprint density at radius 3 is 2.65 bits per heavy atom. The Kier molecular flexibility index (Phi) is 4.50. The molecule has 0 spiro atoms. The first-order valence-corrected chi connectivity index (χ1v) is 7.26. The Morgan fingerprint density at radius 2 is 2.15 bits per heavy atom. The van der Waals surface area contributed by atoms with Gasteiger partial charge in [-0.2, -0.15) is 10.4 Å². The van der Waals surface area contributed by atoms with Crippen LogP contribution in [0.2, 0.25) is 0 Å². The van der Waals surface area contributed by atoms with Crippen molar-refractivity contribution in [3.05, 3.63) is 5.56 Å². The van der Waals surface area contributed by atoms with E-state index in [-0.39, 0.29) is 12.6 Å². The smallest absolute Gasteiger partial charge is 0.170 e. The number of nitrogens with zero attached hydrogens (tertiary/aromatic N) is 4. The van der Waals surface area contributed by atoms with Crippen LogP contribution < -0.4 is 10.6 Å². The molecule has 1 atom stereocenters. The van der Waals surface area contributed by atoms with Gasteiger partial charge in [0, 0.05) is 19.7 Å². The third-order valence-electron chi connectivity index (χ3n) is 4.22. The SMILES string of the molecule is CCC(C)n1nc(N2CCC(CO)CC2)c(C#N)c1N. The molecule has 1 aromatic heterocycles. The standard InChI is InChI=1S/C14H23N5O/c1-3-10(2)19-13(16)12(8-15)14(17-19)18-6-4-11(9-20)5-7-18/h10-11,20H,3-7,9,16H2,1-2H3. The Morgan fingerprint density at radius 1 is 1.50 bits per heavy atom. The van der Waals surface area contributed by atoms with Crippen LogP contribution >= 0.6 is 0 Å². The zero-order valence-electron chi connectivity index (χ0n) is 12.2. The summed E-state index contributed by atoms with van der Waals surface area (Å²) in [4.78, 5) is 2.11. The van der Waals surface area contributed by atoms with Crippen LogP contribution in [0.3, 0.4) is 0 Å². The van der Waals surface area contributed by atoms with E-state index in [0.717, 1.165) is 32.4 Å². The summed E-state index contributed by atoms with van der Waals surface area (Å²) in [7, 11) is 0. The van der Waals surface area contributed by atoms with Crippen LogP contribution in [-0.4, -0.2) is 34.6 Å². The molecule has 0 bridgehead atoms. The molecule has 2 rings (SSSR count). The summed E-state index contributed by atoms with van der Waals surface area (Å²) in [5.74, 6) is 1.52. The average Bonchev–Trinajstić information content (AvgIpc) is 2.83. The monoisotopic (exact) mass is 277 g/mol. The first-order chi connectivity index (χ1) is 9.62. The van der Waals surface area contributed by atoms with Crippen molar-refractivity contribution in [1.29, 1.82) is 5.26 Å². The number of nitriles is 1. The summed E-state index contributed by atoms with van der Waals surface area (Å²) >= 11 is 0. The summed E-state index contributed by atoms with van der Waals surface area (Å²) in [6.45, 7) is 5.99. The van der Waals surface area contributed by atoms with Crippen LogP contribution in [0.15, 0.2) is 0 Å². The van der Waals surface area contributed by atoms with E-state index in [4.69, 9.17) is 5.73 Å². The van der Waals surface area contributed by atoms with Crippen molar-refractivity contribution in [1.82, 2.24) is 9.78 Å². The fraction of sp³-hybridized carbons (Fsp3) is 0.714. The van der Waals surface area contributed by atoms with Gasteiger partial charge in [0.25, 0.3) is 0 Å².